The standard InChI is InChI=1S/C13H15F3N4O/c1-3-6-17-8(2)11-19-20-12(21-11)10-5-4-9(7-18-10)13(14,15)16/h4-5,7-8,17H,3,6H2,1-2H3. The molecule has 0 saturated heterocycles. The first-order valence-corrected chi connectivity index (χ1v) is 6.52. The molecule has 5 nitrogen and oxygen atoms in total. The molecule has 0 bridgehead atoms. The predicted octanol–water partition coefficient (Wildman–Crippen LogP) is 3.21. The van der Waals surface area contributed by atoms with Gasteiger partial charge in [0.1, 0.15) is 5.69 Å². The zero-order valence-corrected chi connectivity index (χ0v) is 11.6. The molecule has 2 aromatic rings. The fourth-order valence-corrected chi connectivity index (χ4v) is 1.65. The summed E-state index contributed by atoms with van der Waals surface area (Å²) in [6.45, 7) is 4.70. The van der Waals surface area contributed by atoms with Gasteiger partial charge in [0.25, 0.3) is 5.89 Å². The molecule has 2 aromatic heterocycles. The van der Waals surface area contributed by atoms with Gasteiger partial charge in [-0.25, -0.2) is 0 Å². The lowest BCUT2D eigenvalue weighted by Gasteiger charge is -2.07. The minimum atomic E-state index is -4.41. The Bertz CT molecular complexity index is 580. The maximum absolute atomic E-state index is 12.5. The topological polar surface area (TPSA) is 63.8 Å². The van der Waals surface area contributed by atoms with Crippen molar-refractivity contribution >= 4 is 0 Å². The molecule has 0 aliphatic heterocycles. The normalized spacial score (nSPS) is 13.4. The van der Waals surface area contributed by atoms with Crippen molar-refractivity contribution in [1.82, 2.24) is 20.5 Å². The van der Waals surface area contributed by atoms with Gasteiger partial charge in [-0.05, 0) is 32.0 Å². The van der Waals surface area contributed by atoms with Gasteiger partial charge in [-0.3, -0.25) is 4.98 Å². The van der Waals surface area contributed by atoms with Gasteiger partial charge in [0.15, 0.2) is 0 Å². The molecule has 0 radical (unpaired) electrons. The molecule has 1 N–H and O–H groups in total. The third-order valence-electron chi connectivity index (χ3n) is 2.82. The van der Waals surface area contributed by atoms with Crippen LogP contribution in [0, 0.1) is 0 Å². The average Bonchev–Trinajstić information content (AvgIpc) is 2.94. The third-order valence-corrected chi connectivity index (χ3v) is 2.82. The monoisotopic (exact) mass is 300 g/mol. The molecular weight excluding hydrogens is 285 g/mol. The first kappa shape index (κ1) is 15.4. The van der Waals surface area contributed by atoms with Crippen LogP contribution in [0.4, 0.5) is 13.2 Å². The molecule has 0 amide bonds. The van der Waals surface area contributed by atoms with Crippen LogP contribution in [0.2, 0.25) is 0 Å². The first-order chi connectivity index (χ1) is 9.91. The van der Waals surface area contributed by atoms with E-state index in [0.29, 0.717) is 5.89 Å². The average molecular weight is 300 g/mol. The van der Waals surface area contributed by atoms with Gasteiger partial charge in [-0.15, -0.1) is 10.2 Å². The third kappa shape index (κ3) is 3.78. The maximum atomic E-state index is 12.5. The van der Waals surface area contributed by atoms with Crippen molar-refractivity contribution in [3.05, 3.63) is 29.8 Å². The lowest BCUT2D eigenvalue weighted by Crippen LogP contribution is -2.19. The fourth-order valence-electron chi connectivity index (χ4n) is 1.65. The van der Waals surface area contributed by atoms with E-state index >= 15 is 0 Å². The van der Waals surface area contributed by atoms with Crippen LogP contribution in [0.1, 0.15) is 37.8 Å². The lowest BCUT2D eigenvalue weighted by atomic mass is 10.2. The number of nitrogens with one attached hydrogen (secondary N) is 1. The second-order valence-electron chi connectivity index (χ2n) is 4.55. The smallest absolute Gasteiger partial charge is 0.417 e. The Morgan fingerprint density at radius 1 is 1.29 bits per heavy atom. The van der Waals surface area contributed by atoms with E-state index in [9.17, 15) is 13.2 Å². The van der Waals surface area contributed by atoms with E-state index in [2.05, 4.69) is 20.5 Å². The quantitative estimate of drug-likeness (QED) is 0.918. The summed E-state index contributed by atoms with van der Waals surface area (Å²) in [6.07, 6.45) is -2.70. The Labute approximate surface area is 119 Å². The lowest BCUT2D eigenvalue weighted by molar-refractivity contribution is -0.137. The van der Waals surface area contributed by atoms with Crippen molar-refractivity contribution in [2.75, 3.05) is 6.54 Å². The van der Waals surface area contributed by atoms with Crippen LogP contribution in [-0.4, -0.2) is 21.7 Å². The summed E-state index contributed by atoms with van der Waals surface area (Å²) in [5, 5.41) is 10.9. The maximum Gasteiger partial charge on any atom is 0.417 e. The van der Waals surface area contributed by atoms with E-state index in [1.807, 2.05) is 13.8 Å². The molecule has 1 unspecified atom stereocenters. The molecule has 1 atom stereocenters. The highest BCUT2D eigenvalue weighted by Crippen LogP contribution is 2.29. The molecule has 0 fully saturated rings. The van der Waals surface area contributed by atoms with Crippen molar-refractivity contribution in [2.24, 2.45) is 0 Å². The van der Waals surface area contributed by atoms with Crippen LogP contribution in [0.15, 0.2) is 22.7 Å². The Morgan fingerprint density at radius 3 is 2.62 bits per heavy atom. The van der Waals surface area contributed by atoms with E-state index in [-0.39, 0.29) is 17.6 Å². The number of aromatic nitrogens is 3. The summed E-state index contributed by atoms with van der Waals surface area (Å²) < 4.78 is 42.8. The van der Waals surface area contributed by atoms with E-state index in [1.54, 1.807) is 0 Å². The number of halogens is 3. The van der Waals surface area contributed by atoms with E-state index in [1.165, 1.54) is 6.07 Å². The Kier molecular flexibility index (Phi) is 4.56. The Hall–Kier alpha value is -1.96. The molecule has 2 heterocycles. The summed E-state index contributed by atoms with van der Waals surface area (Å²) in [6, 6.07) is 2.02. The van der Waals surface area contributed by atoms with Gasteiger partial charge in [0.05, 0.1) is 11.6 Å². The second kappa shape index (κ2) is 6.21. The zero-order valence-electron chi connectivity index (χ0n) is 11.6. The molecule has 0 aliphatic carbocycles. The molecule has 0 saturated carbocycles. The van der Waals surface area contributed by atoms with Crippen LogP contribution >= 0.6 is 0 Å². The number of hydrogen-bond acceptors (Lipinski definition) is 5. The highest BCUT2D eigenvalue weighted by molar-refractivity contribution is 5.46. The fraction of sp³-hybridized carbons (Fsp3) is 0.462. The molecule has 2 rings (SSSR count). The number of alkyl halides is 3. The van der Waals surface area contributed by atoms with Gasteiger partial charge in [0, 0.05) is 6.20 Å². The van der Waals surface area contributed by atoms with Crippen molar-refractivity contribution in [3.8, 4) is 11.6 Å². The largest absolute Gasteiger partial charge is 0.418 e. The van der Waals surface area contributed by atoms with Gasteiger partial charge in [0.2, 0.25) is 5.89 Å². The van der Waals surface area contributed by atoms with E-state index in [4.69, 9.17) is 4.42 Å². The molecule has 0 aromatic carbocycles. The molecule has 8 heteroatoms. The first-order valence-electron chi connectivity index (χ1n) is 6.52. The summed E-state index contributed by atoms with van der Waals surface area (Å²) in [4.78, 5) is 3.71. The molecule has 114 valence electrons. The molecule has 0 spiro atoms. The van der Waals surface area contributed by atoms with Crippen LogP contribution < -0.4 is 5.32 Å². The zero-order chi connectivity index (χ0) is 15.5. The van der Waals surface area contributed by atoms with Crippen LogP contribution in [0.5, 0.6) is 0 Å². The summed E-state index contributed by atoms with van der Waals surface area (Å²) in [5.41, 5.74) is -0.603. The predicted molar refractivity (Wildman–Crippen MR) is 69.2 cm³/mol. The van der Waals surface area contributed by atoms with Crippen molar-refractivity contribution in [3.63, 3.8) is 0 Å². The van der Waals surface area contributed by atoms with Crippen molar-refractivity contribution in [1.29, 1.82) is 0 Å². The number of pyridine rings is 1. The van der Waals surface area contributed by atoms with Gasteiger partial charge in [-0.1, -0.05) is 6.92 Å². The molecule has 21 heavy (non-hydrogen) atoms. The van der Waals surface area contributed by atoms with Gasteiger partial charge < -0.3 is 9.73 Å². The number of hydrogen-bond donors (Lipinski definition) is 1. The minimum absolute atomic E-state index is 0.101. The van der Waals surface area contributed by atoms with E-state index in [0.717, 1.165) is 25.2 Å². The van der Waals surface area contributed by atoms with E-state index < -0.39 is 11.7 Å². The number of rotatable bonds is 5. The Balaban J connectivity index is 2.14. The SMILES string of the molecule is CCCNC(C)c1nnc(-c2ccc(C(F)(F)F)cn2)o1. The van der Waals surface area contributed by atoms with Crippen molar-refractivity contribution < 1.29 is 17.6 Å². The van der Waals surface area contributed by atoms with Gasteiger partial charge in [-0.2, -0.15) is 13.2 Å². The molecular formula is C13H15F3N4O. The van der Waals surface area contributed by atoms with Crippen molar-refractivity contribution in [2.45, 2.75) is 32.5 Å². The number of nitrogens with zero attached hydrogens (tertiary/aromatic N) is 3. The highest BCUT2D eigenvalue weighted by Gasteiger charge is 2.31. The Morgan fingerprint density at radius 2 is 2.05 bits per heavy atom. The second-order valence-corrected chi connectivity index (χ2v) is 4.55. The van der Waals surface area contributed by atoms with Crippen LogP contribution in [0.25, 0.3) is 11.6 Å². The summed E-state index contributed by atoms with van der Waals surface area (Å²) >= 11 is 0. The van der Waals surface area contributed by atoms with Crippen LogP contribution in [-0.2, 0) is 6.18 Å². The summed E-state index contributed by atoms with van der Waals surface area (Å²) in [7, 11) is 0. The summed E-state index contributed by atoms with van der Waals surface area (Å²) in [5.74, 6) is 0.476. The van der Waals surface area contributed by atoms with Gasteiger partial charge >= 0.3 is 6.18 Å². The molecule has 0 aliphatic rings. The minimum Gasteiger partial charge on any atom is -0.418 e. The van der Waals surface area contributed by atoms with Crippen LogP contribution in [0.3, 0.4) is 0 Å². The highest BCUT2D eigenvalue weighted by atomic mass is 19.4.